The number of furan rings is 1. The maximum atomic E-state index is 13.1. The van der Waals surface area contributed by atoms with E-state index in [1.807, 2.05) is 49.6 Å². The van der Waals surface area contributed by atoms with Crippen LogP contribution < -0.4 is 0 Å². The number of aromatic nitrogens is 5. The van der Waals surface area contributed by atoms with Gasteiger partial charge in [-0.05, 0) is 56.5 Å². The van der Waals surface area contributed by atoms with Gasteiger partial charge in [0.25, 0.3) is 5.89 Å². The van der Waals surface area contributed by atoms with Crippen LogP contribution in [0.25, 0.3) is 28.2 Å². The molecule has 0 aliphatic heterocycles. The molecule has 5 rings (SSSR count). The highest BCUT2D eigenvalue weighted by Crippen LogP contribution is 2.23. The van der Waals surface area contributed by atoms with Crippen molar-refractivity contribution < 1.29 is 13.6 Å². The van der Waals surface area contributed by atoms with Gasteiger partial charge in [-0.2, -0.15) is 5.10 Å². The molecule has 0 saturated carbocycles. The molecule has 0 bridgehead atoms. The van der Waals surface area contributed by atoms with E-state index in [0.717, 1.165) is 39.9 Å². The summed E-state index contributed by atoms with van der Waals surface area (Å²) in [5.41, 5.74) is 4.73. The number of nitrogens with zero attached hydrogens (tertiary/aromatic N) is 6. The van der Waals surface area contributed by atoms with Gasteiger partial charge in [-0.15, -0.1) is 10.2 Å². The number of fused-ring (bicyclic) bond motifs is 3. The Kier molecular flexibility index (Phi) is 5.83. The molecule has 174 valence electrons. The quantitative estimate of drug-likeness (QED) is 0.337. The van der Waals surface area contributed by atoms with Gasteiger partial charge in [0.1, 0.15) is 0 Å². The number of benzene rings is 1. The van der Waals surface area contributed by atoms with Gasteiger partial charge in [-0.25, -0.2) is 9.50 Å². The van der Waals surface area contributed by atoms with Crippen LogP contribution >= 0.6 is 0 Å². The zero-order valence-electron chi connectivity index (χ0n) is 19.5. The monoisotopic (exact) mass is 458 g/mol. The van der Waals surface area contributed by atoms with Crippen molar-refractivity contribution in [2.24, 2.45) is 0 Å². The summed E-state index contributed by atoms with van der Waals surface area (Å²) in [5, 5.41) is 13.9. The Bertz CT molecular complexity index is 1450. The highest BCUT2D eigenvalue weighted by atomic mass is 16.4. The van der Waals surface area contributed by atoms with Crippen molar-refractivity contribution >= 4 is 22.5 Å². The molecule has 1 aromatic carbocycles. The lowest BCUT2D eigenvalue weighted by molar-refractivity contribution is -0.132. The van der Waals surface area contributed by atoms with E-state index in [1.54, 1.807) is 23.3 Å². The molecule has 9 nitrogen and oxygen atoms in total. The topological polar surface area (TPSA) is 103 Å². The lowest BCUT2D eigenvalue weighted by Gasteiger charge is -2.21. The summed E-state index contributed by atoms with van der Waals surface area (Å²) in [4.78, 5) is 19.7. The molecule has 0 radical (unpaired) electrons. The lowest BCUT2D eigenvalue weighted by Crippen LogP contribution is -2.31. The fourth-order valence-electron chi connectivity index (χ4n) is 4.27. The third kappa shape index (κ3) is 4.05. The zero-order valence-corrected chi connectivity index (χ0v) is 19.5. The largest absolute Gasteiger partial charge is 0.459 e. The van der Waals surface area contributed by atoms with Crippen LogP contribution in [0.5, 0.6) is 0 Å². The Balaban J connectivity index is 1.33. The molecule has 4 aromatic heterocycles. The molecule has 0 N–H and O–H groups in total. The fourth-order valence-corrected chi connectivity index (χ4v) is 4.27. The normalized spacial score (nSPS) is 11.5. The average Bonchev–Trinajstić information content (AvgIpc) is 3.58. The highest BCUT2D eigenvalue weighted by molar-refractivity contribution is 5.92. The third-order valence-corrected chi connectivity index (χ3v) is 5.98. The molecule has 1 amide bonds. The first kappa shape index (κ1) is 21.8. The van der Waals surface area contributed by atoms with Crippen molar-refractivity contribution in [3.8, 4) is 11.7 Å². The summed E-state index contributed by atoms with van der Waals surface area (Å²) in [5.74, 6) is 1.23. The Morgan fingerprint density at radius 1 is 1.12 bits per heavy atom. The van der Waals surface area contributed by atoms with Crippen molar-refractivity contribution in [3.05, 3.63) is 65.5 Å². The maximum Gasteiger partial charge on any atom is 0.283 e. The van der Waals surface area contributed by atoms with E-state index < -0.39 is 0 Å². The van der Waals surface area contributed by atoms with Crippen LogP contribution in [0.4, 0.5) is 0 Å². The molecular weight excluding hydrogens is 432 g/mol. The molecule has 4 heterocycles. The third-order valence-electron chi connectivity index (χ3n) is 5.98. The minimum absolute atomic E-state index is 0.0316. The number of amides is 1. The second-order valence-corrected chi connectivity index (χ2v) is 8.31. The lowest BCUT2D eigenvalue weighted by atomic mass is 10.1. The number of carbonyl (C=O) groups excluding carboxylic acids is 1. The van der Waals surface area contributed by atoms with Gasteiger partial charge in [0.05, 0.1) is 18.3 Å². The number of hydrogen-bond donors (Lipinski definition) is 0. The van der Waals surface area contributed by atoms with E-state index in [4.69, 9.17) is 18.9 Å². The van der Waals surface area contributed by atoms with Gasteiger partial charge in [0.15, 0.2) is 11.4 Å². The second-order valence-electron chi connectivity index (χ2n) is 8.31. The first-order chi connectivity index (χ1) is 16.5. The molecule has 0 aliphatic carbocycles. The number of carbonyl (C=O) groups is 1. The first-order valence-electron chi connectivity index (χ1n) is 11.4. The van der Waals surface area contributed by atoms with Crippen molar-refractivity contribution in [1.82, 2.24) is 29.7 Å². The fraction of sp³-hybridized carbons (Fsp3) is 0.320. The van der Waals surface area contributed by atoms with Crippen molar-refractivity contribution in [2.45, 2.75) is 46.6 Å². The first-order valence-corrected chi connectivity index (χ1v) is 11.4. The molecule has 0 atom stereocenters. The van der Waals surface area contributed by atoms with Gasteiger partial charge in [0, 0.05) is 29.7 Å². The maximum absolute atomic E-state index is 13.1. The average molecular weight is 459 g/mol. The van der Waals surface area contributed by atoms with E-state index in [2.05, 4.69) is 10.2 Å². The van der Waals surface area contributed by atoms with E-state index in [0.29, 0.717) is 36.9 Å². The molecule has 0 saturated heterocycles. The summed E-state index contributed by atoms with van der Waals surface area (Å²) < 4.78 is 12.9. The Labute approximate surface area is 196 Å². The Hall–Kier alpha value is -4.01. The molecule has 0 aliphatic rings. The molecule has 34 heavy (non-hydrogen) atoms. The van der Waals surface area contributed by atoms with Crippen LogP contribution in [0.1, 0.15) is 42.6 Å². The van der Waals surface area contributed by atoms with E-state index in [-0.39, 0.29) is 12.5 Å². The second kappa shape index (κ2) is 9.09. The number of hydrogen-bond acceptors (Lipinski definition) is 7. The predicted molar refractivity (Wildman–Crippen MR) is 126 cm³/mol. The van der Waals surface area contributed by atoms with Gasteiger partial charge >= 0.3 is 0 Å². The van der Waals surface area contributed by atoms with Crippen LogP contribution in [0.2, 0.25) is 0 Å². The van der Waals surface area contributed by atoms with Crippen molar-refractivity contribution in [3.63, 3.8) is 0 Å². The van der Waals surface area contributed by atoms with Crippen LogP contribution in [0, 0.1) is 13.8 Å². The molecule has 0 fully saturated rings. The minimum atomic E-state index is 0.0316. The SMILES string of the molecule is CCCN(Cc1nnc(-c2ccco2)o1)C(=O)CCc1c(C)nc2c3ccccc3nn2c1C. The summed E-state index contributed by atoms with van der Waals surface area (Å²) >= 11 is 0. The van der Waals surface area contributed by atoms with Crippen LogP contribution in [-0.4, -0.2) is 42.1 Å². The highest BCUT2D eigenvalue weighted by Gasteiger charge is 2.20. The summed E-state index contributed by atoms with van der Waals surface area (Å²) in [6.07, 6.45) is 3.32. The molecule has 0 unspecified atom stereocenters. The van der Waals surface area contributed by atoms with Gasteiger partial charge in [0.2, 0.25) is 11.8 Å². The van der Waals surface area contributed by atoms with Gasteiger partial charge in [-0.1, -0.05) is 19.1 Å². The van der Waals surface area contributed by atoms with E-state index >= 15 is 0 Å². The summed E-state index contributed by atoms with van der Waals surface area (Å²) in [6.45, 7) is 6.94. The van der Waals surface area contributed by atoms with E-state index in [9.17, 15) is 4.79 Å². The van der Waals surface area contributed by atoms with Crippen molar-refractivity contribution in [1.29, 1.82) is 0 Å². The van der Waals surface area contributed by atoms with Gasteiger partial charge < -0.3 is 13.7 Å². The molecule has 9 heteroatoms. The molecule has 5 aromatic rings. The summed E-state index contributed by atoms with van der Waals surface area (Å²) in [7, 11) is 0. The minimum Gasteiger partial charge on any atom is -0.459 e. The molecule has 0 spiro atoms. The van der Waals surface area contributed by atoms with Gasteiger partial charge in [-0.3, -0.25) is 4.79 Å². The Morgan fingerprint density at radius 2 is 1.97 bits per heavy atom. The number of aryl methyl sites for hydroxylation is 2. The van der Waals surface area contributed by atoms with E-state index in [1.165, 1.54) is 0 Å². The van der Waals surface area contributed by atoms with Crippen LogP contribution in [0.3, 0.4) is 0 Å². The summed E-state index contributed by atoms with van der Waals surface area (Å²) in [6, 6.07) is 11.5. The van der Waals surface area contributed by atoms with Crippen LogP contribution in [-0.2, 0) is 17.8 Å². The molecular formula is C25H26N6O3. The standard InChI is InChI=1S/C25H26N6O3/c1-4-13-30(15-22-27-28-25(34-22)21-10-7-14-33-21)23(32)12-11-18-16(2)26-24-19-8-5-6-9-20(19)29-31(24)17(18)3/h5-10,14H,4,11-13,15H2,1-3H3. The smallest absolute Gasteiger partial charge is 0.283 e. The predicted octanol–water partition coefficient (Wildman–Crippen LogP) is 4.51. The van der Waals surface area contributed by atoms with Crippen molar-refractivity contribution in [2.75, 3.05) is 6.54 Å². The number of rotatable bonds is 8. The van der Waals surface area contributed by atoms with Crippen LogP contribution in [0.15, 0.2) is 51.5 Å². The Morgan fingerprint density at radius 3 is 2.76 bits per heavy atom. The zero-order chi connectivity index (χ0) is 23.7.